The van der Waals surface area contributed by atoms with E-state index in [1.807, 2.05) is 26.8 Å². The highest BCUT2D eigenvalue weighted by molar-refractivity contribution is 5.75. The predicted octanol–water partition coefficient (Wildman–Crippen LogP) is 2.10. The van der Waals surface area contributed by atoms with Crippen molar-refractivity contribution in [1.29, 1.82) is 0 Å². The Bertz CT molecular complexity index is 325. The molecule has 1 rings (SSSR count). The second kappa shape index (κ2) is 5.16. The van der Waals surface area contributed by atoms with Crippen molar-refractivity contribution in [2.75, 3.05) is 0 Å². The summed E-state index contributed by atoms with van der Waals surface area (Å²) in [5.41, 5.74) is 0.568. The molecule has 0 saturated carbocycles. The van der Waals surface area contributed by atoms with Crippen LogP contribution >= 0.6 is 0 Å². The highest BCUT2D eigenvalue weighted by Crippen LogP contribution is 2.08. The van der Waals surface area contributed by atoms with E-state index >= 15 is 0 Å². The summed E-state index contributed by atoms with van der Waals surface area (Å²) >= 11 is 0. The lowest BCUT2D eigenvalue weighted by atomic mass is 10.2. The Kier molecular flexibility index (Phi) is 4.12. The van der Waals surface area contributed by atoms with Crippen molar-refractivity contribution < 1.29 is 13.9 Å². The van der Waals surface area contributed by atoms with E-state index in [9.17, 15) is 4.79 Å². The number of carbonyl (C=O) groups excluding carboxylic acids is 1. The van der Waals surface area contributed by atoms with Crippen molar-refractivity contribution in [2.24, 2.45) is 0 Å². The van der Waals surface area contributed by atoms with Gasteiger partial charge in [-0.3, -0.25) is 4.79 Å². The molecular formula is C12H19NO3. The second-order valence-corrected chi connectivity index (χ2v) is 4.77. The number of ether oxygens (including phenoxy) is 1. The molecule has 4 nitrogen and oxygen atoms in total. The topological polar surface area (TPSA) is 51.5 Å². The minimum absolute atomic E-state index is 0.240. The van der Waals surface area contributed by atoms with Crippen molar-refractivity contribution in [3.8, 4) is 0 Å². The first-order chi connectivity index (χ1) is 7.38. The Labute approximate surface area is 96.0 Å². The molecule has 1 aromatic rings. The Balaban J connectivity index is 2.35. The summed E-state index contributed by atoms with van der Waals surface area (Å²) in [6.07, 6.45) is 3.25. The molecule has 0 aromatic carbocycles. The summed E-state index contributed by atoms with van der Waals surface area (Å²) in [6, 6.07) is 1.53. The molecule has 0 radical (unpaired) electrons. The van der Waals surface area contributed by atoms with Crippen molar-refractivity contribution >= 4 is 5.97 Å². The molecule has 0 bridgehead atoms. The molecule has 0 aliphatic heterocycles. The van der Waals surface area contributed by atoms with Crippen LogP contribution in [0.25, 0.3) is 0 Å². The van der Waals surface area contributed by atoms with E-state index in [-0.39, 0.29) is 12.0 Å². The van der Waals surface area contributed by atoms with Gasteiger partial charge in [-0.05, 0) is 33.8 Å². The van der Waals surface area contributed by atoms with Gasteiger partial charge in [0, 0.05) is 12.1 Å². The fraction of sp³-hybridized carbons (Fsp3) is 0.583. The molecule has 4 heteroatoms. The number of hydrogen-bond donors (Lipinski definition) is 1. The van der Waals surface area contributed by atoms with Crippen LogP contribution in [0.15, 0.2) is 23.0 Å². The number of esters is 1. The van der Waals surface area contributed by atoms with Gasteiger partial charge in [-0.15, -0.1) is 0 Å². The lowest BCUT2D eigenvalue weighted by molar-refractivity contribution is -0.157. The van der Waals surface area contributed by atoms with Gasteiger partial charge in [-0.2, -0.15) is 0 Å². The number of rotatable bonds is 4. The average molecular weight is 225 g/mol. The van der Waals surface area contributed by atoms with Crippen LogP contribution < -0.4 is 5.32 Å². The minimum atomic E-state index is -0.442. The van der Waals surface area contributed by atoms with E-state index in [1.54, 1.807) is 19.5 Å². The number of hydrogen-bond acceptors (Lipinski definition) is 4. The Morgan fingerprint density at radius 1 is 1.56 bits per heavy atom. The molecule has 0 saturated heterocycles. The molecule has 90 valence electrons. The van der Waals surface area contributed by atoms with Crippen LogP contribution in [0.1, 0.15) is 33.3 Å². The summed E-state index contributed by atoms with van der Waals surface area (Å²) in [7, 11) is 0. The SMILES string of the molecule is C[C@H](NCc1ccoc1)C(=O)OC(C)(C)C. The molecule has 1 aromatic heterocycles. The molecule has 16 heavy (non-hydrogen) atoms. The predicted molar refractivity (Wildman–Crippen MR) is 60.9 cm³/mol. The van der Waals surface area contributed by atoms with E-state index in [0.29, 0.717) is 6.54 Å². The fourth-order valence-electron chi connectivity index (χ4n) is 1.14. The van der Waals surface area contributed by atoms with E-state index in [2.05, 4.69) is 5.32 Å². The molecule has 0 unspecified atom stereocenters. The van der Waals surface area contributed by atoms with Crippen molar-refractivity contribution in [3.63, 3.8) is 0 Å². The van der Waals surface area contributed by atoms with Gasteiger partial charge in [-0.1, -0.05) is 0 Å². The van der Waals surface area contributed by atoms with Gasteiger partial charge in [-0.25, -0.2) is 0 Å². The highest BCUT2D eigenvalue weighted by Gasteiger charge is 2.21. The Morgan fingerprint density at radius 2 is 2.25 bits per heavy atom. The summed E-state index contributed by atoms with van der Waals surface area (Å²) in [5.74, 6) is -0.240. The average Bonchev–Trinajstić information content (AvgIpc) is 2.63. The second-order valence-electron chi connectivity index (χ2n) is 4.77. The summed E-state index contributed by atoms with van der Waals surface area (Å²) < 4.78 is 10.2. The van der Waals surface area contributed by atoms with Gasteiger partial charge in [0.2, 0.25) is 0 Å². The summed E-state index contributed by atoms with van der Waals surface area (Å²) in [5, 5.41) is 3.07. The summed E-state index contributed by atoms with van der Waals surface area (Å²) in [6.45, 7) is 7.94. The molecule has 1 atom stereocenters. The lowest BCUT2D eigenvalue weighted by Gasteiger charge is -2.22. The third-order valence-electron chi connectivity index (χ3n) is 1.95. The molecule has 1 N–H and O–H groups in total. The van der Waals surface area contributed by atoms with Crippen LogP contribution in [0.4, 0.5) is 0 Å². The van der Waals surface area contributed by atoms with Crippen LogP contribution in [0.3, 0.4) is 0 Å². The summed E-state index contributed by atoms with van der Waals surface area (Å²) in [4.78, 5) is 11.6. The molecule has 0 amide bonds. The van der Waals surface area contributed by atoms with Crippen molar-refractivity contribution in [1.82, 2.24) is 5.32 Å². The Hall–Kier alpha value is -1.29. The van der Waals surface area contributed by atoms with Gasteiger partial charge < -0.3 is 14.5 Å². The van der Waals surface area contributed by atoms with Gasteiger partial charge in [0.15, 0.2) is 0 Å². The fourth-order valence-corrected chi connectivity index (χ4v) is 1.14. The van der Waals surface area contributed by atoms with Crippen LogP contribution in [-0.4, -0.2) is 17.6 Å². The van der Waals surface area contributed by atoms with E-state index in [0.717, 1.165) is 5.56 Å². The van der Waals surface area contributed by atoms with Gasteiger partial charge in [0.25, 0.3) is 0 Å². The maximum absolute atomic E-state index is 11.6. The normalized spacial score (nSPS) is 13.5. The van der Waals surface area contributed by atoms with Crippen molar-refractivity contribution in [3.05, 3.63) is 24.2 Å². The molecule has 0 spiro atoms. The van der Waals surface area contributed by atoms with Gasteiger partial charge >= 0.3 is 5.97 Å². The third-order valence-corrected chi connectivity index (χ3v) is 1.95. The van der Waals surface area contributed by atoms with Gasteiger partial charge in [0.05, 0.1) is 12.5 Å². The molecule has 1 heterocycles. The number of carbonyl (C=O) groups is 1. The lowest BCUT2D eigenvalue weighted by Crippen LogP contribution is -2.38. The van der Waals surface area contributed by atoms with E-state index in [1.165, 1.54) is 0 Å². The highest BCUT2D eigenvalue weighted by atomic mass is 16.6. The molecular weight excluding hydrogens is 206 g/mol. The van der Waals surface area contributed by atoms with Crippen LogP contribution in [0.2, 0.25) is 0 Å². The van der Waals surface area contributed by atoms with E-state index < -0.39 is 5.60 Å². The largest absolute Gasteiger partial charge is 0.472 e. The first-order valence-corrected chi connectivity index (χ1v) is 5.36. The maximum Gasteiger partial charge on any atom is 0.323 e. The van der Waals surface area contributed by atoms with Crippen LogP contribution in [0.5, 0.6) is 0 Å². The molecule has 0 fully saturated rings. The Morgan fingerprint density at radius 3 is 2.75 bits per heavy atom. The molecule has 0 aliphatic carbocycles. The smallest absolute Gasteiger partial charge is 0.323 e. The number of furan rings is 1. The monoisotopic (exact) mass is 225 g/mol. The van der Waals surface area contributed by atoms with Crippen LogP contribution in [0, 0.1) is 0 Å². The quantitative estimate of drug-likeness (QED) is 0.797. The maximum atomic E-state index is 11.6. The number of nitrogens with one attached hydrogen (secondary N) is 1. The standard InChI is InChI=1S/C12H19NO3/c1-9(11(14)16-12(2,3)4)13-7-10-5-6-15-8-10/h5-6,8-9,13H,7H2,1-4H3/t9-/m0/s1. The zero-order valence-electron chi connectivity index (χ0n) is 10.2. The molecule has 0 aliphatic rings. The first-order valence-electron chi connectivity index (χ1n) is 5.36. The third kappa shape index (κ3) is 4.49. The van der Waals surface area contributed by atoms with Gasteiger partial charge in [0.1, 0.15) is 11.6 Å². The van der Waals surface area contributed by atoms with E-state index in [4.69, 9.17) is 9.15 Å². The minimum Gasteiger partial charge on any atom is -0.472 e. The van der Waals surface area contributed by atoms with Crippen molar-refractivity contribution in [2.45, 2.75) is 45.9 Å². The zero-order chi connectivity index (χ0) is 12.2. The zero-order valence-corrected chi connectivity index (χ0v) is 10.2. The van der Waals surface area contributed by atoms with Crippen LogP contribution in [-0.2, 0) is 16.1 Å². The first kappa shape index (κ1) is 12.8.